The normalized spacial score (nSPS) is 33.9. The second kappa shape index (κ2) is 4.94. The minimum absolute atomic E-state index is 0.307. The van der Waals surface area contributed by atoms with E-state index in [4.69, 9.17) is 5.11 Å². The van der Waals surface area contributed by atoms with E-state index in [1.54, 1.807) is 0 Å². The summed E-state index contributed by atoms with van der Waals surface area (Å²) in [7, 11) is 0. The molecule has 0 spiro atoms. The van der Waals surface area contributed by atoms with Crippen LogP contribution in [0, 0.1) is 5.92 Å². The number of hydrogen-bond donors (Lipinski definition) is 3. The van der Waals surface area contributed by atoms with Gasteiger partial charge in [0.25, 0.3) is 0 Å². The van der Waals surface area contributed by atoms with Crippen molar-refractivity contribution in [1.82, 2.24) is 10.6 Å². The summed E-state index contributed by atoms with van der Waals surface area (Å²) in [6.45, 7) is 2.17. The molecule has 2 saturated heterocycles. The summed E-state index contributed by atoms with van der Waals surface area (Å²) < 4.78 is 0. The second-order valence-corrected chi connectivity index (χ2v) is 4.68. The molecule has 0 aromatic carbocycles. The molecule has 0 aromatic rings. The number of rotatable bonds is 2. The number of carboxylic acids is 1. The van der Waals surface area contributed by atoms with Crippen molar-refractivity contribution in [2.75, 3.05) is 13.1 Å². The highest BCUT2D eigenvalue weighted by molar-refractivity contribution is 5.73. The van der Waals surface area contributed by atoms with Gasteiger partial charge in [-0.2, -0.15) is 0 Å². The zero-order valence-corrected chi connectivity index (χ0v) is 9.04. The molecule has 0 amide bonds. The maximum Gasteiger partial charge on any atom is 0.320 e. The average molecular weight is 212 g/mol. The standard InChI is InChI=1S/C11H20N2O2/c14-11(15)10-3-1-2-9(13-10)8-4-6-12-7-5-8/h8-10,12-13H,1-7H2,(H,14,15). The van der Waals surface area contributed by atoms with Crippen molar-refractivity contribution < 1.29 is 9.90 Å². The summed E-state index contributed by atoms with van der Waals surface area (Å²) >= 11 is 0. The van der Waals surface area contributed by atoms with E-state index in [1.165, 1.54) is 12.8 Å². The van der Waals surface area contributed by atoms with Crippen LogP contribution >= 0.6 is 0 Å². The smallest absolute Gasteiger partial charge is 0.320 e. The molecule has 2 fully saturated rings. The predicted molar refractivity (Wildman–Crippen MR) is 57.8 cm³/mol. The zero-order chi connectivity index (χ0) is 10.7. The molecule has 2 rings (SSSR count). The van der Waals surface area contributed by atoms with E-state index in [0.717, 1.165) is 32.4 Å². The van der Waals surface area contributed by atoms with Gasteiger partial charge in [-0.25, -0.2) is 0 Å². The van der Waals surface area contributed by atoms with Crippen LogP contribution in [-0.4, -0.2) is 36.2 Å². The van der Waals surface area contributed by atoms with E-state index in [-0.39, 0.29) is 6.04 Å². The molecule has 3 N–H and O–H groups in total. The minimum atomic E-state index is -0.686. The Hall–Kier alpha value is -0.610. The largest absolute Gasteiger partial charge is 0.480 e. The van der Waals surface area contributed by atoms with Gasteiger partial charge in [-0.15, -0.1) is 0 Å². The molecular formula is C11H20N2O2. The molecule has 0 aliphatic carbocycles. The van der Waals surface area contributed by atoms with Crippen LogP contribution in [0.25, 0.3) is 0 Å². The summed E-state index contributed by atoms with van der Waals surface area (Å²) in [6, 6.07) is 0.126. The minimum Gasteiger partial charge on any atom is -0.480 e. The number of nitrogens with one attached hydrogen (secondary N) is 2. The van der Waals surface area contributed by atoms with Gasteiger partial charge in [0.2, 0.25) is 0 Å². The van der Waals surface area contributed by atoms with E-state index < -0.39 is 5.97 Å². The topological polar surface area (TPSA) is 61.4 Å². The highest BCUT2D eigenvalue weighted by Crippen LogP contribution is 2.24. The number of carbonyl (C=O) groups is 1. The third-order valence-corrected chi connectivity index (χ3v) is 3.67. The highest BCUT2D eigenvalue weighted by Gasteiger charge is 2.31. The van der Waals surface area contributed by atoms with Crippen molar-refractivity contribution in [1.29, 1.82) is 0 Å². The molecule has 4 nitrogen and oxygen atoms in total. The SMILES string of the molecule is O=C(O)C1CCCC(C2CCNCC2)N1. The maximum absolute atomic E-state index is 10.9. The highest BCUT2D eigenvalue weighted by atomic mass is 16.4. The monoisotopic (exact) mass is 212 g/mol. The van der Waals surface area contributed by atoms with Gasteiger partial charge >= 0.3 is 5.97 Å². The molecule has 4 heteroatoms. The summed E-state index contributed by atoms with van der Waals surface area (Å²) in [4.78, 5) is 10.9. The summed E-state index contributed by atoms with van der Waals surface area (Å²) in [6.07, 6.45) is 5.36. The molecule has 0 saturated carbocycles. The van der Waals surface area contributed by atoms with Gasteiger partial charge in [-0.1, -0.05) is 0 Å². The fourth-order valence-electron chi connectivity index (χ4n) is 2.78. The average Bonchev–Trinajstić information content (AvgIpc) is 2.30. The van der Waals surface area contributed by atoms with Gasteiger partial charge in [0.05, 0.1) is 0 Å². The van der Waals surface area contributed by atoms with Gasteiger partial charge < -0.3 is 15.7 Å². The van der Waals surface area contributed by atoms with Gasteiger partial charge in [0.15, 0.2) is 0 Å². The molecule has 2 unspecified atom stereocenters. The molecule has 15 heavy (non-hydrogen) atoms. The molecular weight excluding hydrogens is 192 g/mol. The van der Waals surface area contributed by atoms with Crippen LogP contribution in [0.4, 0.5) is 0 Å². The van der Waals surface area contributed by atoms with Gasteiger partial charge in [0.1, 0.15) is 6.04 Å². The third-order valence-electron chi connectivity index (χ3n) is 3.67. The first-order chi connectivity index (χ1) is 7.27. The molecule has 2 aliphatic rings. The Bertz CT molecular complexity index is 227. The number of piperidine rings is 2. The first-order valence-corrected chi connectivity index (χ1v) is 5.97. The molecule has 0 bridgehead atoms. The molecule has 2 aliphatic heterocycles. The van der Waals surface area contributed by atoms with E-state index in [0.29, 0.717) is 12.0 Å². The lowest BCUT2D eigenvalue weighted by Crippen LogP contribution is -2.51. The van der Waals surface area contributed by atoms with Crippen molar-refractivity contribution in [2.24, 2.45) is 5.92 Å². The Morgan fingerprint density at radius 2 is 1.87 bits per heavy atom. The van der Waals surface area contributed by atoms with Crippen LogP contribution in [0.3, 0.4) is 0 Å². The Morgan fingerprint density at radius 1 is 1.13 bits per heavy atom. The van der Waals surface area contributed by atoms with Crippen LogP contribution < -0.4 is 10.6 Å². The van der Waals surface area contributed by atoms with Gasteiger partial charge in [0, 0.05) is 6.04 Å². The van der Waals surface area contributed by atoms with Crippen molar-refractivity contribution in [3.63, 3.8) is 0 Å². The third kappa shape index (κ3) is 2.69. The van der Waals surface area contributed by atoms with Crippen LogP contribution in [0.15, 0.2) is 0 Å². The lowest BCUT2D eigenvalue weighted by Gasteiger charge is -2.36. The molecule has 86 valence electrons. The van der Waals surface area contributed by atoms with Crippen molar-refractivity contribution in [3.8, 4) is 0 Å². The summed E-state index contributed by atoms with van der Waals surface area (Å²) in [5.41, 5.74) is 0. The fraction of sp³-hybridized carbons (Fsp3) is 0.909. The summed E-state index contributed by atoms with van der Waals surface area (Å²) in [5.74, 6) is -0.0120. The Morgan fingerprint density at radius 3 is 2.53 bits per heavy atom. The lowest BCUT2D eigenvalue weighted by molar-refractivity contribution is -0.140. The molecule has 2 atom stereocenters. The lowest BCUT2D eigenvalue weighted by atomic mass is 9.84. The first-order valence-electron chi connectivity index (χ1n) is 5.97. The van der Waals surface area contributed by atoms with Crippen molar-refractivity contribution in [2.45, 2.75) is 44.2 Å². The first kappa shape index (κ1) is 10.9. The quantitative estimate of drug-likeness (QED) is 0.626. The maximum atomic E-state index is 10.9. The Labute approximate surface area is 90.4 Å². The van der Waals surface area contributed by atoms with Crippen LogP contribution in [0.5, 0.6) is 0 Å². The molecule has 0 aromatic heterocycles. The van der Waals surface area contributed by atoms with Crippen molar-refractivity contribution in [3.05, 3.63) is 0 Å². The number of carboxylic acid groups (broad SMARTS) is 1. The van der Waals surface area contributed by atoms with Crippen LogP contribution in [-0.2, 0) is 4.79 Å². The molecule has 0 radical (unpaired) electrons. The zero-order valence-electron chi connectivity index (χ0n) is 9.04. The van der Waals surface area contributed by atoms with Crippen LogP contribution in [0.1, 0.15) is 32.1 Å². The van der Waals surface area contributed by atoms with E-state index in [1.807, 2.05) is 0 Å². The van der Waals surface area contributed by atoms with Crippen LogP contribution in [0.2, 0.25) is 0 Å². The van der Waals surface area contributed by atoms with E-state index in [2.05, 4.69) is 10.6 Å². The fourth-order valence-corrected chi connectivity index (χ4v) is 2.78. The summed E-state index contributed by atoms with van der Waals surface area (Å²) in [5, 5.41) is 15.6. The van der Waals surface area contributed by atoms with E-state index in [9.17, 15) is 4.79 Å². The number of hydrogen-bond acceptors (Lipinski definition) is 3. The predicted octanol–water partition coefficient (Wildman–Crippen LogP) is 0.581. The van der Waals surface area contributed by atoms with E-state index >= 15 is 0 Å². The second-order valence-electron chi connectivity index (χ2n) is 4.68. The Balaban J connectivity index is 1.88. The Kier molecular flexibility index (Phi) is 3.59. The van der Waals surface area contributed by atoms with Gasteiger partial charge in [-0.3, -0.25) is 4.79 Å². The van der Waals surface area contributed by atoms with Crippen molar-refractivity contribution >= 4 is 5.97 Å². The molecule has 2 heterocycles. The van der Waals surface area contributed by atoms with Gasteiger partial charge in [-0.05, 0) is 51.1 Å². The number of aliphatic carboxylic acids is 1.